The average Bonchev–Trinajstić information content (AvgIpc) is 3.07. The normalized spacial score (nSPS) is 10.3. The number of methoxy groups -OCH3 is 3. The Morgan fingerprint density at radius 2 is 1.55 bits per heavy atom. The van der Waals surface area contributed by atoms with E-state index in [-0.39, 0.29) is 5.91 Å². The Labute approximate surface area is 171 Å². The monoisotopic (exact) mass is 416 g/mol. The van der Waals surface area contributed by atoms with Crippen LogP contribution in [0.4, 0.5) is 21.3 Å². The molecule has 29 heavy (non-hydrogen) atoms. The number of carbonyl (C=O) groups excluding carboxylic acids is 2. The van der Waals surface area contributed by atoms with E-state index in [4.69, 9.17) is 14.2 Å². The zero-order valence-electron chi connectivity index (χ0n) is 16.3. The van der Waals surface area contributed by atoms with Crippen molar-refractivity contribution in [2.45, 2.75) is 6.92 Å². The number of hydrogen-bond donors (Lipinski definition) is 3. The maximum absolute atomic E-state index is 12.4. The van der Waals surface area contributed by atoms with Crippen LogP contribution in [-0.2, 0) is 4.79 Å². The molecule has 0 fully saturated rings. The van der Waals surface area contributed by atoms with Gasteiger partial charge in [0.2, 0.25) is 11.7 Å². The Hall–Kier alpha value is -3.53. The summed E-state index contributed by atoms with van der Waals surface area (Å²) in [7, 11) is 4.51. The molecule has 0 saturated carbocycles. The first-order valence-corrected chi connectivity index (χ1v) is 9.31. The Kier molecular flexibility index (Phi) is 6.03. The van der Waals surface area contributed by atoms with Gasteiger partial charge < -0.3 is 30.2 Å². The van der Waals surface area contributed by atoms with Crippen molar-refractivity contribution in [1.29, 1.82) is 0 Å². The van der Waals surface area contributed by atoms with Crippen LogP contribution < -0.4 is 30.2 Å². The molecule has 9 nitrogen and oxygen atoms in total. The highest BCUT2D eigenvalue weighted by molar-refractivity contribution is 7.22. The number of rotatable bonds is 6. The topological polar surface area (TPSA) is 111 Å². The summed E-state index contributed by atoms with van der Waals surface area (Å²) in [5.41, 5.74) is 1.79. The number of nitrogens with one attached hydrogen (secondary N) is 3. The van der Waals surface area contributed by atoms with Crippen molar-refractivity contribution in [2.75, 3.05) is 37.3 Å². The standard InChI is InChI=1S/C19H20N4O5S/c1-10(24)20-19-23-13-6-5-11(9-16(13)29-19)21-18(25)22-12-7-14(26-2)17(28-4)15(8-12)27-3/h5-9H,1-4H3,(H,20,23,24)(H2,21,22,25). The summed E-state index contributed by atoms with van der Waals surface area (Å²) in [6, 6.07) is 8.11. The molecule has 0 aliphatic heterocycles. The lowest BCUT2D eigenvalue weighted by Gasteiger charge is -2.15. The molecule has 3 amide bonds. The van der Waals surface area contributed by atoms with Gasteiger partial charge in [0.15, 0.2) is 16.6 Å². The third kappa shape index (κ3) is 4.66. The number of aromatic nitrogens is 1. The van der Waals surface area contributed by atoms with Gasteiger partial charge >= 0.3 is 6.03 Å². The van der Waals surface area contributed by atoms with Gasteiger partial charge in [-0.05, 0) is 18.2 Å². The fourth-order valence-corrected chi connectivity index (χ4v) is 3.60. The summed E-state index contributed by atoms with van der Waals surface area (Å²) in [6.07, 6.45) is 0. The zero-order chi connectivity index (χ0) is 21.0. The second-order valence-corrected chi connectivity index (χ2v) is 6.91. The Morgan fingerprint density at radius 3 is 2.14 bits per heavy atom. The first-order valence-electron chi connectivity index (χ1n) is 8.49. The van der Waals surface area contributed by atoms with E-state index in [1.54, 1.807) is 30.3 Å². The number of thiazole rings is 1. The van der Waals surface area contributed by atoms with Crippen molar-refractivity contribution in [3.05, 3.63) is 30.3 Å². The van der Waals surface area contributed by atoms with E-state index >= 15 is 0 Å². The Balaban J connectivity index is 1.76. The highest BCUT2D eigenvalue weighted by Gasteiger charge is 2.15. The SMILES string of the molecule is COc1cc(NC(=O)Nc2ccc3nc(NC(C)=O)sc3c2)cc(OC)c1OC. The summed E-state index contributed by atoms with van der Waals surface area (Å²) < 4.78 is 16.7. The van der Waals surface area contributed by atoms with E-state index < -0.39 is 6.03 Å². The van der Waals surface area contributed by atoms with Crippen LogP contribution in [0.2, 0.25) is 0 Å². The number of urea groups is 1. The van der Waals surface area contributed by atoms with Crippen LogP contribution in [0.15, 0.2) is 30.3 Å². The summed E-state index contributed by atoms with van der Waals surface area (Å²) in [5, 5.41) is 8.66. The van der Waals surface area contributed by atoms with E-state index in [2.05, 4.69) is 20.9 Å². The molecular formula is C19H20N4O5S. The number of hydrogen-bond acceptors (Lipinski definition) is 7. The fourth-order valence-electron chi connectivity index (χ4n) is 2.65. The van der Waals surface area contributed by atoms with Crippen LogP contribution in [-0.4, -0.2) is 38.3 Å². The smallest absolute Gasteiger partial charge is 0.323 e. The van der Waals surface area contributed by atoms with Crippen molar-refractivity contribution in [3.63, 3.8) is 0 Å². The largest absolute Gasteiger partial charge is 0.493 e. The Bertz CT molecular complexity index is 1040. The third-order valence-corrected chi connectivity index (χ3v) is 4.79. The van der Waals surface area contributed by atoms with E-state index in [1.807, 2.05) is 0 Å². The molecular weight excluding hydrogens is 396 g/mol. The predicted molar refractivity (Wildman–Crippen MR) is 113 cm³/mol. The summed E-state index contributed by atoms with van der Waals surface area (Å²) in [5.74, 6) is 1.11. The lowest BCUT2D eigenvalue weighted by atomic mass is 10.2. The Morgan fingerprint density at radius 1 is 0.897 bits per heavy atom. The molecule has 0 spiro atoms. The number of nitrogens with zero attached hydrogens (tertiary/aromatic N) is 1. The molecule has 0 aliphatic rings. The van der Waals surface area contributed by atoms with Crippen LogP contribution in [0, 0.1) is 0 Å². The minimum atomic E-state index is -0.440. The number of anilines is 3. The van der Waals surface area contributed by atoms with Crippen molar-refractivity contribution in [3.8, 4) is 17.2 Å². The molecule has 0 aliphatic carbocycles. The fraction of sp³-hybridized carbons (Fsp3) is 0.211. The first-order chi connectivity index (χ1) is 13.9. The van der Waals surface area contributed by atoms with Crippen molar-refractivity contribution >= 4 is 50.0 Å². The molecule has 3 N–H and O–H groups in total. The molecule has 0 radical (unpaired) electrons. The minimum absolute atomic E-state index is 0.188. The predicted octanol–water partition coefficient (Wildman–Crippen LogP) is 3.92. The summed E-state index contributed by atoms with van der Waals surface area (Å²) >= 11 is 1.32. The number of carbonyl (C=O) groups is 2. The van der Waals surface area contributed by atoms with Gasteiger partial charge in [-0.25, -0.2) is 9.78 Å². The average molecular weight is 416 g/mol. The van der Waals surface area contributed by atoms with E-state index in [0.717, 1.165) is 10.2 Å². The number of benzene rings is 2. The molecule has 152 valence electrons. The maximum atomic E-state index is 12.4. The van der Waals surface area contributed by atoms with Gasteiger partial charge in [-0.1, -0.05) is 11.3 Å². The summed E-state index contributed by atoms with van der Waals surface area (Å²) in [4.78, 5) is 27.9. The molecule has 0 saturated heterocycles. The van der Waals surface area contributed by atoms with Crippen molar-refractivity contribution in [1.82, 2.24) is 4.98 Å². The van der Waals surface area contributed by atoms with Gasteiger partial charge in [-0.15, -0.1) is 0 Å². The van der Waals surface area contributed by atoms with Crippen LogP contribution in [0.5, 0.6) is 17.2 Å². The second kappa shape index (κ2) is 8.65. The van der Waals surface area contributed by atoms with Crippen LogP contribution in [0.25, 0.3) is 10.2 Å². The molecule has 1 aromatic heterocycles. The molecule has 3 rings (SSSR count). The number of ether oxygens (including phenoxy) is 3. The summed E-state index contributed by atoms with van der Waals surface area (Å²) in [6.45, 7) is 1.42. The number of fused-ring (bicyclic) bond motifs is 1. The minimum Gasteiger partial charge on any atom is -0.493 e. The lowest BCUT2D eigenvalue weighted by Crippen LogP contribution is -2.19. The molecule has 3 aromatic rings. The number of amides is 3. The van der Waals surface area contributed by atoms with Gasteiger partial charge in [-0.3, -0.25) is 4.79 Å². The lowest BCUT2D eigenvalue weighted by molar-refractivity contribution is -0.114. The van der Waals surface area contributed by atoms with Crippen LogP contribution >= 0.6 is 11.3 Å². The van der Waals surface area contributed by atoms with Gasteiger partial charge in [0.1, 0.15) is 0 Å². The van der Waals surface area contributed by atoms with Gasteiger partial charge in [-0.2, -0.15) is 0 Å². The van der Waals surface area contributed by atoms with Crippen molar-refractivity contribution in [2.24, 2.45) is 0 Å². The molecule has 0 atom stereocenters. The molecule has 10 heteroatoms. The third-order valence-electron chi connectivity index (χ3n) is 3.85. The zero-order valence-corrected chi connectivity index (χ0v) is 17.1. The van der Waals surface area contributed by atoms with Crippen LogP contribution in [0.3, 0.4) is 0 Å². The van der Waals surface area contributed by atoms with Gasteiger partial charge in [0.25, 0.3) is 0 Å². The molecule has 2 aromatic carbocycles. The van der Waals surface area contributed by atoms with Crippen LogP contribution in [0.1, 0.15) is 6.92 Å². The highest BCUT2D eigenvalue weighted by Crippen LogP contribution is 2.40. The highest BCUT2D eigenvalue weighted by atomic mass is 32.1. The van der Waals surface area contributed by atoms with Gasteiger partial charge in [0, 0.05) is 24.7 Å². The second-order valence-electron chi connectivity index (χ2n) is 5.88. The molecule has 0 unspecified atom stereocenters. The maximum Gasteiger partial charge on any atom is 0.323 e. The quantitative estimate of drug-likeness (QED) is 0.562. The van der Waals surface area contributed by atoms with Crippen molar-refractivity contribution < 1.29 is 23.8 Å². The van der Waals surface area contributed by atoms with E-state index in [1.165, 1.54) is 39.6 Å². The van der Waals surface area contributed by atoms with Gasteiger partial charge in [0.05, 0.1) is 37.2 Å². The van der Waals surface area contributed by atoms with E-state index in [9.17, 15) is 9.59 Å². The molecule has 1 heterocycles. The molecule has 0 bridgehead atoms. The van der Waals surface area contributed by atoms with E-state index in [0.29, 0.717) is 33.8 Å². The first kappa shape index (κ1) is 20.2.